The fraction of sp³-hybridized carbons (Fsp3) is 0.438. The summed E-state index contributed by atoms with van der Waals surface area (Å²) in [5, 5.41) is 4.23. The molecule has 2 rings (SSSR count). The van der Waals surface area contributed by atoms with Gasteiger partial charge in [-0.2, -0.15) is 0 Å². The zero-order valence-corrected chi connectivity index (χ0v) is 12.6. The summed E-state index contributed by atoms with van der Waals surface area (Å²) in [4.78, 5) is 4.70. The number of nitrogens with one attached hydrogen (secondary N) is 1. The highest BCUT2D eigenvalue weighted by atomic mass is 16.5. The Morgan fingerprint density at radius 2 is 1.95 bits per heavy atom. The standard InChI is InChI=1S/C16H22N2O2/c1-11-12(6-5-7-17-2)8-13-9-14(19-3)10-15(20-4)16(13)18-11/h8-10,17H,5-7H2,1-4H3. The number of rotatable bonds is 6. The largest absolute Gasteiger partial charge is 0.497 e. The first-order valence-electron chi connectivity index (χ1n) is 6.86. The fourth-order valence-corrected chi connectivity index (χ4v) is 2.35. The number of hydrogen-bond acceptors (Lipinski definition) is 4. The van der Waals surface area contributed by atoms with Gasteiger partial charge >= 0.3 is 0 Å². The maximum Gasteiger partial charge on any atom is 0.148 e. The Kier molecular flexibility index (Phi) is 4.79. The Bertz CT molecular complexity index is 597. The van der Waals surface area contributed by atoms with E-state index in [0.29, 0.717) is 0 Å². The van der Waals surface area contributed by atoms with E-state index in [1.54, 1.807) is 14.2 Å². The number of hydrogen-bond donors (Lipinski definition) is 1. The van der Waals surface area contributed by atoms with Crippen LogP contribution in [0.4, 0.5) is 0 Å². The summed E-state index contributed by atoms with van der Waals surface area (Å²) in [7, 11) is 5.29. The van der Waals surface area contributed by atoms with E-state index in [-0.39, 0.29) is 0 Å². The first kappa shape index (κ1) is 14.6. The van der Waals surface area contributed by atoms with E-state index in [0.717, 1.165) is 47.5 Å². The second-order valence-corrected chi connectivity index (χ2v) is 4.84. The lowest BCUT2D eigenvalue weighted by Gasteiger charge is -2.12. The summed E-state index contributed by atoms with van der Waals surface area (Å²) in [6.45, 7) is 3.07. The van der Waals surface area contributed by atoms with E-state index in [4.69, 9.17) is 14.5 Å². The Hall–Kier alpha value is -1.81. The molecule has 0 unspecified atom stereocenters. The predicted molar refractivity (Wildman–Crippen MR) is 81.8 cm³/mol. The molecule has 0 aliphatic heterocycles. The normalized spacial score (nSPS) is 10.8. The summed E-state index contributed by atoms with van der Waals surface area (Å²) in [5.41, 5.74) is 3.24. The van der Waals surface area contributed by atoms with Gasteiger partial charge in [-0.3, -0.25) is 0 Å². The predicted octanol–water partition coefficient (Wildman–Crippen LogP) is 2.71. The molecular formula is C16H22N2O2. The quantitative estimate of drug-likeness (QED) is 0.823. The molecule has 0 spiro atoms. The van der Waals surface area contributed by atoms with Gasteiger partial charge in [0.05, 0.1) is 14.2 Å². The van der Waals surface area contributed by atoms with E-state index in [1.807, 2.05) is 19.2 Å². The van der Waals surface area contributed by atoms with Crippen LogP contribution in [-0.4, -0.2) is 32.8 Å². The number of nitrogens with zero attached hydrogens (tertiary/aromatic N) is 1. The third kappa shape index (κ3) is 3.02. The molecular weight excluding hydrogens is 252 g/mol. The number of ether oxygens (including phenoxy) is 2. The fourth-order valence-electron chi connectivity index (χ4n) is 2.35. The van der Waals surface area contributed by atoms with Crippen LogP contribution < -0.4 is 14.8 Å². The third-order valence-corrected chi connectivity index (χ3v) is 3.48. The van der Waals surface area contributed by atoms with Crippen molar-refractivity contribution in [2.45, 2.75) is 19.8 Å². The number of fused-ring (bicyclic) bond motifs is 1. The number of aryl methyl sites for hydroxylation is 2. The van der Waals surface area contributed by atoms with Gasteiger partial charge in [0.2, 0.25) is 0 Å². The van der Waals surface area contributed by atoms with Crippen molar-refractivity contribution in [2.75, 3.05) is 27.8 Å². The lowest BCUT2D eigenvalue weighted by molar-refractivity contribution is 0.397. The molecule has 1 N–H and O–H groups in total. The molecule has 4 nitrogen and oxygen atoms in total. The number of pyridine rings is 1. The van der Waals surface area contributed by atoms with Gasteiger partial charge in [0, 0.05) is 17.1 Å². The van der Waals surface area contributed by atoms with Gasteiger partial charge in [-0.15, -0.1) is 0 Å². The van der Waals surface area contributed by atoms with Crippen LogP contribution in [0, 0.1) is 6.92 Å². The molecule has 2 aromatic rings. The Morgan fingerprint density at radius 1 is 1.15 bits per heavy atom. The van der Waals surface area contributed by atoms with Gasteiger partial charge in [-0.05, 0) is 51.1 Å². The molecule has 0 saturated heterocycles. The summed E-state index contributed by atoms with van der Waals surface area (Å²) < 4.78 is 10.7. The van der Waals surface area contributed by atoms with Crippen LogP contribution in [0.2, 0.25) is 0 Å². The molecule has 0 aliphatic rings. The Morgan fingerprint density at radius 3 is 2.60 bits per heavy atom. The molecule has 0 aliphatic carbocycles. The third-order valence-electron chi connectivity index (χ3n) is 3.48. The van der Waals surface area contributed by atoms with Gasteiger partial charge in [-0.1, -0.05) is 0 Å². The minimum Gasteiger partial charge on any atom is -0.497 e. The molecule has 0 fully saturated rings. The second-order valence-electron chi connectivity index (χ2n) is 4.84. The summed E-state index contributed by atoms with van der Waals surface area (Å²) in [6.07, 6.45) is 2.13. The first-order chi connectivity index (χ1) is 9.69. The van der Waals surface area contributed by atoms with Crippen LogP contribution in [0.15, 0.2) is 18.2 Å². The molecule has 108 valence electrons. The molecule has 1 aromatic heterocycles. The first-order valence-corrected chi connectivity index (χ1v) is 6.86. The van der Waals surface area contributed by atoms with Crippen molar-refractivity contribution in [3.05, 3.63) is 29.5 Å². The monoisotopic (exact) mass is 274 g/mol. The van der Waals surface area contributed by atoms with Crippen LogP contribution in [-0.2, 0) is 6.42 Å². The minimum absolute atomic E-state index is 0.754. The smallest absolute Gasteiger partial charge is 0.148 e. The van der Waals surface area contributed by atoms with Gasteiger partial charge in [0.25, 0.3) is 0 Å². The number of benzene rings is 1. The highest BCUT2D eigenvalue weighted by Gasteiger charge is 2.10. The van der Waals surface area contributed by atoms with E-state index in [2.05, 4.69) is 18.3 Å². The average Bonchev–Trinajstić information content (AvgIpc) is 2.47. The maximum absolute atomic E-state index is 5.41. The van der Waals surface area contributed by atoms with Crippen LogP contribution >= 0.6 is 0 Å². The zero-order chi connectivity index (χ0) is 14.5. The maximum atomic E-state index is 5.41. The average molecular weight is 274 g/mol. The molecule has 0 bridgehead atoms. The number of methoxy groups -OCH3 is 2. The van der Waals surface area contributed by atoms with Crippen molar-refractivity contribution in [2.24, 2.45) is 0 Å². The molecule has 0 atom stereocenters. The topological polar surface area (TPSA) is 43.4 Å². The molecule has 0 saturated carbocycles. The van der Waals surface area contributed by atoms with Crippen molar-refractivity contribution in [3.8, 4) is 11.5 Å². The van der Waals surface area contributed by atoms with Crippen LogP contribution in [0.3, 0.4) is 0 Å². The molecule has 0 amide bonds. The molecule has 1 aromatic carbocycles. The van der Waals surface area contributed by atoms with Gasteiger partial charge < -0.3 is 14.8 Å². The minimum atomic E-state index is 0.754. The van der Waals surface area contributed by atoms with Crippen molar-refractivity contribution in [1.29, 1.82) is 0 Å². The molecule has 1 heterocycles. The van der Waals surface area contributed by atoms with Crippen LogP contribution in [0.5, 0.6) is 11.5 Å². The molecule has 20 heavy (non-hydrogen) atoms. The lowest BCUT2D eigenvalue weighted by atomic mass is 10.0. The Balaban J connectivity index is 2.45. The van der Waals surface area contributed by atoms with Crippen LogP contribution in [0.25, 0.3) is 10.9 Å². The van der Waals surface area contributed by atoms with Crippen molar-refractivity contribution < 1.29 is 9.47 Å². The van der Waals surface area contributed by atoms with E-state index >= 15 is 0 Å². The van der Waals surface area contributed by atoms with Gasteiger partial charge in [0.1, 0.15) is 17.0 Å². The molecule has 4 heteroatoms. The van der Waals surface area contributed by atoms with E-state index in [9.17, 15) is 0 Å². The lowest BCUT2D eigenvalue weighted by Crippen LogP contribution is -2.09. The van der Waals surface area contributed by atoms with E-state index < -0.39 is 0 Å². The van der Waals surface area contributed by atoms with Gasteiger partial charge in [-0.25, -0.2) is 4.98 Å². The summed E-state index contributed by atoms with van der Waals surface area (Å²) in [6, 6.07) is 6.07. The van der Waals surface area contributed by atoms with Crippen molar-refractivity contribution in [3.63, 3.8) is 0 Å². The van der Waals surface area contributed by atoms with Crippen LogP contribution in [0.1, 0.15) is 17.7 Å². The summed E-state index contributed by atoms with van der Waals surface area (Å²) in [5.74, 6) is 1.55. The van der Waals surface area contributed by atoms with Gasteiger partial charge in [0.15, 0.2) is 0 Å². The SMILES string of the molecule is CNCCCc1cc2cc(OC)cc(OC)c2nc1C. The highest BCUT2D eigenvalue weighted by molar-refractivity contribution is 5.87. The second kappa shape index (κ2) is 6.57. The Labute approximate surface area is 120 Å². The molecule has 0 radical (unpaired) electrons. The van der Waals surface area contributed by atoms with Crippen molar-refractivity contribution >= 4 is 10.9 Å². The zero-order valence-electron chi connectivity index (χ0n) is 12.6. The van der Waals surface area contributed by atoms with E-state index in [1.165, 1.54) is 5.56 Å². The summed E-state index contributed by atoms with van der Waals surface area (Å²) >= 11 is 0. The van der Waals surface area contributed by atoms with Crippen molar-refractivity contribution in [1.82, 2.24) is 10.3 Å². The number of aromatic nitrogens is 1. The highest BCUT2D eigenvalue weighted by Crippen LogP contribution is 2.31.